The highest BCUT2D eigenvalue weighted by atomic mass is 35.5. The maximum Gasteiger partial charge on any atom is 0.220 e. The first-order valence-electron chi connectivity index (χ1n) is 11.2. The van der Waals surface area contributed by atoms with Crippen molar-refractivity contribution in [1.82, 2.24) is 10.2 Å². The smallest absolute Gasteiger partial charge is 0.220 e. The van der Waals surface area contributed by atoms with Gasteiger partial charge < -0.3 is 14.8 Å². The second kappa shape index (κ2) is 12.0. The lowest BCUT2D eigenvalue weighted by Crippen LogP contribution is -2.37. The fraction of sp³-hybridized carbons (Fsp3) is 0.440. The number of nitrogens with one attached hydrogen (secondary N) is 1. The van der Waals surface area contributed by atoms with E-state index in [1.807, 2.05) is 0 Å². The van der Waals surface area contributed by atoms with Crippen LogP contribution in [0.1, 0.15) is 54.6 Å². The molecule has 0 saturated carbocycles. The van der Waals surface area contributed by atoms with Crippen LogP contribution in [0.3, 0.4) is 0 Å². The number of hydrogen-bond donors (Lipinski definition) is 1. The molecular formula is C25H30ClFN2O4. The summed E-state index contributed by atoms with van der Waals surface area (Å²) in [5.74, 6) is 0.454. The standard InChI is InChI=1S/C25H30ClFN2O4/c1-17(30)18-10-11-22(23(15-18)32-2)33-14-6-9-24(31)28-16-21(29-12-3-4-13-29)25-19(26)7-5-8-20(25)27/h5,7-8,10-11,15,21H,3-4,6,9,12-14,16H2,1-2H3,(H,28,31). The van der Waals surface area contributed by atoms with Crippen molar-refractivity contribution in [2.24, 2.45) is 0 Å². The molecule has 178 valence electrons. The van der Waals surface area contributed by atoms with Crippen LogP contribution in [0.15, 0.2) is 36.4 Å². The first kappa shape index (κ1) is 25.0. The van der Waals surface area contributed by atoms with E-state index in [2.05, 4.69) is 10.2 Å². The number of halogens is 2. The molecule has 1 aliphatic rings. The highest BCUT2D eigenvalue weighted by molar-refractivity contribution is 6.31. The minimum absolute atomic E-state index is 0.0552. The topological polar surface area (TPSA) is 67.9 Å². The Morgan fingerprint density at radius 1 is 1.18 bits per heavy atom. The maximum absolute atomic E-state index is 14.5. The van der Waals surface area contributed by atoms with E-state index in [1.54, 1.807) is 30.3 Å². The van der Waals surface area contributed by atoms with E-state index in [0.717, 1.165) is 25.9 Å². The Balaban J connectivity index is 1.51. The van der Waals surface area contributed by atoms with Crippen molar-refractivity contribution < 1.29 is 23.5 Å². The summed E-state index contributed by atoms with van der Waals surface area (Å²) in [6.45, 7) is 3.80. The maximum atomic E-state index is 14.5. The van der Waals surface area contributed by atoms with E-state index in [-0.39, 0.29) is 30.0 Å². The molecule has 1 saturated heterocycles. The molecule has 33 heavy (non-hydrogen) atoms. The monoisotopic (exact) mass is 476 g/mol. The van der Waals surface area contributed by atoms with E-state index < -0.39 is 0 Å². The van der Waals surface area contributed by atoms with Crippen molar-refractivity contribution in [3.8, 4) is 11.5 Å². The molecule has 1 aliphatic heterocycles. The molecule has 1 N–H and O–H groups in total. The predicted molar refractivity (Wildman–Crippen MR) is 126 cm³/mol. The molecule has 8 heteroatoms. The number of ether oxygens (including phenoxy) is 2. The van der Waals surface area contributed by atoms with Crippen LogP contribution in [0.2, 0.25) is 5.02 Å². The van der Waals surface area contributed by atoms with E-state index in [0.29, 0.717) is 47.2 Å². The van der Waals surface area contributed by atoms with Crippen molar-refractivity contribution in [3.63, 3.8) is 0 Å². The molecule has 0 spiro atoms. The van der Waals surface area contributed by atoms with E-state index in [4.69, 9.17) is 21.1 Å². The number of hydrogen-bond acceptors (Lipinski definition) is 5. The first-order chi connectivity index (χ1) is 15.9. The molecule has 2 aromatic rings. The summed E-state index contributed by atoms with van der Waals surface area (Å²) >= 11 is 6.31. The largest absolute Gasteiger partial charge is 0.493 e. The summed E-state index contributed by atoms with van der Waals surface area (Å²) in [5, 5.41) is 3.30. The Bertz CT molecular complexity index is 959. The fourth-order valence-electron chi connectivity index (χ4n) is 4.02. The summed E-state index contributed by atoms with van der Waals surface area (Å²) in [5.41, 5.74) is 0.979. The Morgan fingerprint density at radius 3 is 2.61 bits per heavy atom. The lowest BCUT2D eigenvalue weighted by molar-refractivity contribution is -0.121. The van der Waals surface area contributed by atoms with Gasteiger partial charge in [-0.15, -0.1) is 0 Å². The van der Waals surface area contributed by atoms with Crippen molar-refractivity contribution in [2.75, 3.05) is 33.4 Å². The predicted octanol–water partition coefficient (Wildman–Crippen LogP) is 4.80. The lowest BCUT2D eigenvalue weighted by Gasteiger charge is -2.29. The Morgan fingerprint density at radius 2 is 1.94 bits per heavy atom. The second-order valence-corrected chi connectivity index (χ2v) is 8.48. The number of methoxy groups -OCH3 is 1. The van der Waals surface area contributed by atoms with Crippen molar-refractivity contribution in [1.29, 1.82) is 0 Å². The molecular weight excluding hydrogens is 447 g/mol. The zero-order chi connectivity index (χ0) is 23.8. The molecule has 0 bridgehead atoms. The molecule has 0 aliphatic carbocycles. The van der Waals surface area contributed by atoms with Gasteiger partial charge in [-0.3, -0.25) is 14.5 Å². The van der Waals surface area contributed by atoms with Crippen LogP contribution in [0.5, 0.6) is 11.5 Å². The Labute approximate surface area is 199 Å². The van der Waals surface area contributed by atoms with Crippen molar-refractivity contribution >= 4 is 23.3 Å². The molecule has 1 heterocycles. The van der Waals surface area contributed by atoms with Crippen LogP contribution in [-0.4, -0.2) is 49.9 Å². The number of amides is 1. The van der Waals surface area contributed by atoms with Crippen LogP contribution < -0.4 is 14.8 Å². The van der Waals surface area contributed by atoms with Crippen LogP contribution in [0.4, 0.5) is 4.39 Å². The molecule has 1 fully saturated rings. The highest BCUT2D eigenvalue weighted by Gasteiger charge is 2.28. The normalized spacial score (nSPS) is 14.7. The SMILES string of the molecule is COc1cc(C(C)=O)ccc1OCCCC(=O)NCC(c1c(F)cccc1Cl)N1CCCC1. The molecule has 0 radical (unpaired) electrons. The molecule has 0 aromatic heterocycles. The number of benzene rings is 2. The molecule has 3 rings (SSSR count). The molecule has 6 nitrogen and oxygen atoms in total. The number of ketones is 1. The highest BCUT2D eigenvalue weighted by Crippen LogP contribution is 2.32. The average molecular weight is 477 g/mol. The van der Waals surface area contributed by atoms with Gasteiger partial charge in [-0.2, -0.15) is 0 Å². The summed E-state index contributed by atoms with van der Waals surface area (Å²) < 4.78 is 25.6. The zero-order valence-electron chi connectivity index (χ0n) is 19.0. The number of nitrogens with zero attached hydrogens (tertiary/aromatic N) is 1. The molecule has 1 amide bonds. The number of rotatable bonds is 11. The summed E-state index contributed by atoms with van der Waals surface area (Å²) in [4.78, 5) is 26.1. The van der Waals surface area contributed by atoms with E-state index in [9.17, 15) is 14.0 Å². The van der Waals surface area contributed by atoms with Gasteiger partial charge in [0.15, 0.2) is 17.3 Å². The van der Waals surface area contributed by atoms with E-state index >= 15 is 0 Å². The van der Waals surface area contributed by atoms with Gasteiger partial charge in [0.25, 0.3) is 0 Å². The molecule has 2 aromatic carbocycles. The minimum Gasteiger partial charge on any atom is -0.493 e. The van der Waals surface area contributed by atoms with Gasteiger partial charge in [0.05, 0.1) is 19.8 Å². The van der Waals surface area contributed by atoms with Gasteiger partial charge in [-0.05, 0) is 69.6 Å². The Kier molecular flexibility index (Phi) is 9.09. The second-order valence-electron chi connectivity index (χ2n) is 8.07. The number of likely N-dealkylation sites (tertiary alicyclic amines) is 1. The van der Waals surface area contributed by atoms with Crippen LogP contribution >= 0.6 is 11.6 Å². The fourth-order valence-corrected chi connectivity index (χ4v) is 4.30. The third-order valence-corrected chi connectivity index (χ3v) is 6.11. The molecule has 1 unspecified atom stereocenters. The van der Waals surface area contributed by atoms with Gasteiger partial charge in [-0.25, -0.2) is 4.39 Å². The third-order valence-electron chi connectivity index (χ3n) is 5.78. The third kappa shape index (κ3) is 6.68. The van der Waals surface area contributed by atoms with Gasteiger partial charge in [0, 0.05) is 29.1 Å². The number of carbonyl (C=O) groups is 2. The average Bonchev–Trinajstić information content (AvgIpc) is 3.33. The number of Topliss-reactive ketones (excluding diaryl/α,β-unsaturated/α-hetero) is 1. The summed E-state index contributed by atoms with van der Waals surface area (Å²) in [6, 6.07) is 9.37. The number of carbonyl (C=O) groups excluding carboxylic acids is 2. The van der Waals surface area contributed by atoms with Gasteiger partial charge in [0.1, 0.15) is 5.82 Å². The molecule has 1 atom stereocenters. The van der Waals surface area contributed by atoms with Crippen molar-refractivity contribution in [3.05, 3.63) is 58.4 Å². The Hall–Kier alpha value is -2.64. The summed E-state index contributed by atoms with van der Waals surface area (Å²) in [6.07, 6.45) is 2.86. The van der Waals surface area contributed by atoms with Gasteiger partial charge in [-0.1, -0.05) is 17.7 Å². The quantitative estimate of drug-likeness (QED) is 0.372. The van der Waals surface area contributed by atoms with Crippen molar-refractivity contribution in [2.45, 2.75) is 38.6 Å². The summed E-state index contributed by atoms with van der Waals surface area (Å²) in [7, 11) is 1.51. The zero-order valence-corrected chi connectivity index (χ0v) is 19.8. The van der Waals surface area contributed by atoms with Gasteiger partial charge >= 0.3 is 0 Å². The van der Waals surface area contributed by atoms with Gasteiger partial charge in [0.2, 0.25) is 5.91 Å². The minimum atomic E-state index is -0.355. The van der Waals surface area contributed by atoms with Crippen LogP contribution in [-0.2, 0) is 4.79 Å². The van der Waals surface area contributed by atoms with Crippen LogP contribution in [0.25, 0.3) is 0 Å². The first-order valence-corrected chi connectivity index (χ1v) is 11.5. The van der Waals surface area contributed by atoms with Crippen LogP contribution in [0, 0.1) is 5.82 Å². The van der Waals surface area contributed by atoms with E-state index in [1.165, 1.54) is 20.1 Å². The lowest BCUT2D eigenvalue weighted by atomic mass is 10.0.